The number of carbonyl (C=O) groups is 1. The lowest BCUT2D eigenvalue weighted by Gasteiger charge is -2.22. The summed E-state index contributed by atoms with van der Waals surface area (Å²) in [6.45, 7) is 7.00. The third-order valence-corrected chi connectivity index (χ3v) is 5.48. The van der Waals surface area contributed by atoms with Crippen LogP contribution in [0, 0.1) is 0 Å². The summed E-state index contributed by atoms with van der Waals surface area (Å²) in [6.07, 6.45) is 5.65. The van der Waals surface area contributed by atoms with Gasteiger partial charge in [-0.15, -0.1) is 0 Å². The van der Waals surface area contributed by atoms with Gasteiger partial charge < -0.3 is 19.7 Å². The van der Waals surface area contributed by atoms with Crippen molar-refractivity contribution < 1.29 is 14.3 Å². The zero-order valence-electron chi connectivity index (χ0n) is 16.9. The Hall–Kier alpha value is -3.21. The number of allylic oxidation sites excluding steroid dienone is 1. The van der Waals surface area contributed by atoms with Crippen LogP contribution in [0.1, 0.15) is 29.3 Å². The highest BCUT2D eigenvalue weighted by atomic mass is 16.5. The molecule has 150 valence electrons. The third-order valence-electron chi connectivity index (χ3n) is 5.48. The maximum absolute atomic E-state index is 13.4. The SMILES string of the molecule is C=C/C(=C\CC)COc1cc2c(cc1OC)C(=O)N1c3ccccc3C[C@H]1CN2. The van der Waals surface area contributed by atoms with Crippen molar-refractivity contribution in [1.29, 1.82) is 0 Å². The Kier molecular flexibility index (Phi) is 5.30. The molecule has 29 heavy (non-hydrogen) atoms. The van der Waals surface area contributed by atoms with Gasteiger partial charge in [-0.2, -0.15) is 0 Å². The zero-order chi connectivity index (χ0) is 20.4. The molecule has 1 N–H and O–H groups in total. The Bertz CT molecular complexity index is 980. The van der Waals surface area contributed by atoms with Gasteiger partial charge in [0.15, 0.2) is 11.5 Å². The quantitative estimate of drug-likeness (QED) is 0.733. The minimum atomic E-state index is -0.0116. The van der Waals surface area contributed by atoms with Crippen LogP contribution in [0.15, 0.2) is 60.7 Å². The van der Waals surface area contributed by atoms with Crippen LogP contribution < -0.4 is 19.7 Å². The minimum Gasteiger partial charge on any atom is -0.493 e. The highest BCUT2D eigenvalue weighted by Gasteiger charge is 2.37. The molecule has 1 atom stereocenters. The molecule has 0 spiro atoms. The topological polar surface area (TPSA) is 50.8 Å². The predicted molar refractivity (Wildman–Crippen MR) is 116 cm³/mol. The fourth-order valence-corrected chi connectivity index (χ4v) is 4.04. The summed E-state index contributed by atoms with van der Waals surface area (Å²) < 4.78 is 11.5. The van der Waals surface area contributed by atoms with Gasteiger partial charge >= 0.3 is 0 Å². The lowest BCUT2D eigenvalue weighted by Crippen LogP contribution is -2.39. The molecule has 0 unspecified atom stereocenters. The first kappa shape index (κ1) is 19.1. The van der Waals surface area contributed by atoms with Crippen molar-refractivity contribution in [1.82, 2.24) is 0 Å². The molecule has 4 rings (SSSR count). The summed E-state index contributed by atoms with van der Waals surface area (Å²) in [5, 5.41) is 3.45. The second-order valence-electron chi connectivity index (χ2n) is 7.27. The van der Waals surface area contributed by atoms with E-state index in [-0.39, 0.29) is 11.9 Å². The molecule has 2 heterocycles. The van der Waals surface area contributed by atoms with Crippen LogP contribution in [0.4, 0.5) is 11.4 Å². The fourth-order valence-electron chi connectivity index (χ4n) is 4.04. The van der Waals surface area contributed by atoms with Gasteiger partial charge in [-0.1, -0.05) is 43.9 Å². The van der Waals surface area contributed by atoms with Gasteiger partial charge in [-0.05, 0) is 36.1 Å². The molecule has 0 bridgehead atoms. The second kappa shape index (κ2) is 8.03. The summed E-state index contributed by atoms with van der Waals surface area (Å²) >= 11 is 0. The van der Waals surface area contributed by atoms with Crippen LogP contribution in [-0.4, -0.2) is 32.2 Å². The van der Waals surface area contributed by atoms with Crippen LogP contribution in [-0.2, 0) is 6.42 Å². The number of anilines is 2. The number of nitrogens with zero attached hydrogens (tertiary/aromatic N) is 1. The molecule has 0 saturated heterocycles. The molecular weight excluding hydrogens is 364 g/mol. The Balaban J connectivity index is 1.67. The number of nitrogens with one attached hydrogen (secondary N) is 1. The smallest absolute Gasteiger partial charge is 0.260 e. The lowest BCUT2D eigenvalue weighted by molar-refractivity contribution is 0.0983. The number of carbonyl (C=O) groups excluding carboxylic acids is 1. The monoisotopic (exact) mass is 390 g/mol. The van der Waals surface area contributed by atoms with Gasteiger partial charge in [0, 0.05) is 18.3 Å². The van der Waals surface area contributed by atoms with Crippen molar-refractivity contribution >= 4 is 17.3 Å². The predicted octanol–water partition coefficient (Wildman–Crippen LogP) is 4.59. The normalized spacial score (nSPS) is 17.6. The van der Waals surface area contributed by atoms with E-state index in [4.69, 9.17) is 9.47 Å². The van der Waals surface area contributed by atoms with Crippen molar-refractivity contribution in [3.05, 3.63) is 71.8 Å². The van der Waals surface area contributed by atoms with Crippen LogP contribution >= 0.6 is 0 Å². The number of benzene rings is 2. The Morgan fingerprint density at radius 1 is 1.31 bits per heavy atom. The van der Waals surface area contributed by atoms with E-state index in [1.165, 1.54) is 5.56 Å². The number of hydrogen-bond donors (Lipinski definition) is 1. The first-order valence-electron chi connectivity index (χ1n) is 9.97. The van der Waals surface area contributed by atoms with Crippen molar-refractivity contribution in [3.63, 3.8) is 0 Å². The van der Waals surface area contributed by atoms with E-state index < -0.39 is 0 Å². The van der Waals surface area contributed by atoms with E-state index in [0.717, 1.165) is 29.8 Å². The number of methoxy groups -OCH3 is 1. The molecule has 5 heteroatoms. The molecule has 2 aliphatic rings. The molecule has 1 amide bonds. The van der Waals surface area contributed by atoms with Crippen molar-refractivity contribution in [3.8, 4) is 11.5 Å². The standard InChI is InChI=1S/C24H26N2O3/c1-4-8-16(5-2)15-29-23-13-20-19(12-22(23)28-3)24(27)26-18(14-25-20)11-17-9-6-7-10-21(17)26/h5-10,12-13,18,25H,2,4,11,14-15H2,1,3H3/b16-8+/t18-/m0/s1. The van der Waals surface area contributed by atoms with Crippen LogP contribution in [0.2, 0.25) is 0 Å². The summed E-state index contributed by atoms with van der Waals surface area (Å²) in [7, 11) is 1.59. The van der Waals surface area contributed by atoms with Gasteiger partial charge in [0.2, 0.25) is 0 Å². The number of ether oxygens (including phenoxy) is 2. The van der Waals surface area contributed by atoms with E-state index in [9.17, 15) is 4.79 Å². The lowest BCUT2D eigenvalue weighted by atomic mass is 10.1. The Labute approximate surface area is 171 Å². The summed E-state index contributed by atoms with van der Waals surface area (Å²) in [5.74, 6) is 1.14. The van der Waals surface area contributed by atoms with Crippen molar-refractivity contribution in [2.75, 3.05) is 30.5 Å². The Morgan fingerprint density at radius 3 is 2.90 bits per heavy atom. The largest absolute Gasteiger partial charge is 0.493 e. The minimum absolute atomic E-state index is 0.0116. The van der Waals surface area contributed by atoms with Crippen LogP contribution in [0.25, 0.3) is 0 Å². The van der Waals surface area contributed by atoms with Gasteiger partial charge in [-0.3, -0.25) is 4.79 Å². The second-order valence-corrected chi connectivity index (χ2v) is 7.27. The first-order valence-corrected chi connectivity index (χ1v) is 9.97. The molecule has 2 aromatic carbocycles. The summed E-state index contributed by atoms with van der Waals surface area (Å²) in [4.78, 5) is 15.3. The van der Waals surface area contributed by atoms with E-state index in [2.05, 4.69) is 31.0 Å². The number of fused-ring (bicyclic) bond motifs is 4. The Morgan fingerprint density at radius 2 is 2.14 bits per heavy atom. The van der Waals surface area contributed by atoms with Gasteiger partial charge in [0.25, 0.3) is 5.91 Å². The zero-order valence-corrected chi connectivity index (χ0v) is 16.9. The fraction of sp³-hybridized carbons (Fsp3) is 0.292. The number of para-hydroxylation sites is 1. The molecule has 0 saturated carbocycles. The third kappa shape index (κ3) is 3.48. The molecular formula is C24H26N2O3. The maximum Gasteiger partial charge on any atom is 0.260 e. The summed E-state index contributed by atoms with van der Waals surface area (Å²) in [6, 6.07) is 11.9. The van der Waals surface area contributed by atoms with Gasteiger partial charge in [0.05, 0.1) is 24.4 Å². The van der Waals surface area contributed by atoms with Crippen LogP contribution in [0.5, 0.6) is 11.5 Å². The van der Waals surface area contributed by atoms with Gasteiger partial charge in [0.1, 0.15) is 6.61 Å². The number of amides is 1. The molecule has 0 aliphatic carbocycles. The highest BCUT2D eigenvalue weighted by molar-refractivity contribution is 6.12. The molecule has 2 aromatic rings. The van der Waals surface area contributed by atoms with E-state index in [0.29, 0.717) is 30.2 Å². The molecule has 5 nitrogen and oxygen atoms in total. The number of rotatable bonds is 6. The molecule has 0 radical (unpaired) electrons. The van der Waals surface area contributed by atoms with Crippen LogP contribution in [0.3, 0.4) is 0 Å². The average Bonchev–Trinajstić information content (AvgIpc) is 3.06. The molecule has 0 aromatic heterocycles. The summed E-state index contributed by atoms with van der Waals surface area (Å²) in [5.41, 5.74) is 4.60. The highest BCUT2D eigenvalue weighted by Crippen LogP contribution is 2.40. The van der Waals surface area contributed by atoms with E-state index in [1.54, 1.807) is 19.3 Å². The van der Waals surface area contributed by atoms with Crippen molar-refractivity contribution in [2.45, 2.75) is 25.8 Å². The molecule has 0 fully saturated rings. The van der Waals surface area contributed by atoms with E-state index in [1.807, 2.05) is 29.2 Å². The van der Waals surface area contributed by atoms with Gasteiger partial charge in [-0.25, -0.2) is 0 Å². The molecule has 2 aliphatic heterocycles. The average molecular weight is 390 g/mol. The van der Waals surface area contributed by atoms with Crippen molar-refractivity contribution in [2.24, 2.45) is 0 Å². The maximum atomic E-state index is 13.4. The first-order chi connectivity index (χ1) is 14.2. The van der Waals surface area contributed by atoms with E-state index >= 15 is 0 Å². The number of hydrogen-bond acceptors (Lipinski definition) is 4.